The Morgan fingerprint density at radius 3 is 3.00 bits per heavy atom. The highest BCUT2D eigenvalue weighted by Gasteiger charge is 2.31. The minimum atomic E-state index is -3.60. The number of piperidine rings is 1. The summed E-state index contributed by atoms with van der Waals surface area (Å²) in [5, 5.41) is 7.34. The van der Waals surface area contributed by atoms with Crippen LogP contribution in [0.4, 0.5) is 5.82 Å². The maximum atomic E-state index is 12.2. The van der Waals surface area contributed by atoms with Gasteiger partial charge in [0.2, 0.25) is 0 Å². The Balaban J connectivity index is 2.14. The second kappa shape index (κ2) is 5.59. The molecule has 0 saturated carbocycles. The zero-order valence-corrected chi connectivity index (χ0v) is 10.8. The van der Waals surface area contributed by atoms with Gasteiger partial charge in [0.15, 0.2) is 5.82 Å². The molecule has 0 spiro atoms. The summed E-state index contributed by atoms with van der Waals surface area (Å²) in [5.41, 5.74) is 5.62. The van der Waals surface area contributed by atoms with Crippen molar-refractivity contribution >= 4 is 16.0 Å². The fourth-order valence-corrected chi connectivity index (χ4v) is 3.52. The van der Waals surface area contributed by atoms with Crippen molar-refractivity contribution in [3.8, 4) is 0 Å². The molecule has 0 aromatic carbocycles. The molecule has 1 aromatic rings. The van der Waals surface area contributed by atoms with Gasteiger partial charge in [-0.05, 0) is 25.0 Å². The van der Waals surface area contributed by atoms with Gasteiger partial charge in [-0.3, -0.25) is 4.72 Å². The van der Waals surface area contributed by atoms with Gasteiger partial charge in [-0.15, -0.1) is 5.10 Å². The van der Waals surface area contributed by atoms with Crippen LogP contribution < -0.4 is 10.5 Å². The van der Waals surface area contributed by atoms with Crippen molar-refractivity contribution in [3.05, 3.63) is 18.3 Å². The van der Waals surface area contributed by atoms with Gasteiger partial charge >= 0.3 is 10.2 Å². The summed E-state index contributed by atoms with van der Waals surface area (Å²) in [6.07, 6.45) is 4.16. The van der Waals surface area contributed by atoms with Crippen molar-refractivity contribution in [3.63, 3.8) is 0 Å². The largest absolute Gasteiger partial charge is 0.329 e. The number of nitrogens with one attached hydrogen (secondary N) is 1. The molecule has 1 atom stereocenters. The second-order valence-corrected chi connectivity index (χ2v) is 5.84. The fraction of sp³-hybridized carbons (Fsp3) is 0.600. The van der Waals surface area contributed by atoms with E-state index in [4.69, 9.17) is 5.73 Å². The lowest BCUT2D eigenvalue weighted by atomic mass is 10.1. The van der Waals surface area contributed by atoms with E-state index in [0.717, 1.165) is 19.3 Å². The molecule has 2 heterocycles. The Labute approximate surface area is 107 Å². The van der Waals surface area contributed by atoms with E-state index < -0.39 is 10.2 Å². The Morgan fingerprint density at radius 2 is 2.33 bits per heavy atom. The number of nitrogens with zero attached hydrogens (tertiary/aromatic N) is 3. The third-order valence-electron chi connectivity index (χ3n) is 2.96. The smallest absolute Gasteiger partial charge is 0.303 e. The lowest BCUT2D eigenvalue weighted by molar-refractivity contribution is 0.259. The maximum Gasteiger partial charge on any atom is 0.303 e. The van der Waals surface area contributed by atoms with Gasteiger partial charge in [0.1, 0.15) is 0 Å². The topological polar surface area (TPSA) is 101 Å². The molecule has 1 unspecified atom stereocenters. The first kappa shape index (κ1) is 13.2. The number of hydrogen-bond acceptors (Lipinski definition) is 5. The van der Waals surface area contributed by atoms with Crippen LogP contribution in [0.3, 0.4) is 0 Å². The molecule has 8 heteroatoms. The van der Waals surface area contributed by atoms with Crippen LogP contribution in [-0.2, 0) is 10.2 Å². The standard InChI is InChI=1S/C10H17N5O2S/c11-8-9-4-1-2-7-15(9)18(16,17)14-10-5-3-6-12-13-10/h3,5-6,9H,1-2,4,7-8,11H2,(H,13,14). The summed E-state index contributed by atoms with van der Waals surface area (Å²) >= 11 is 0. The quantitative estimate of drug-likeness (QED) is 0.799. The molecule has 0 amide bonds. The van der Waals surface area contributed by atoms with Gasteiger partial charge in [0, 0.05) is 25.3 Å². The minimum absolute atomic E-state index is 0.132. The number of nitrogens with two attached hydrogens (primary N) is 1. The minimum Gasteiger partial charge on any atom is -0.329 e. The SMILES string of the molecule is NCC1CCCCN1S(=O)(=O)Nc1cccnn1. The lowest BCUT2D eigenvalue weighted by Gasteiger charge is -2.33. The van der Waals surface area contributed by atoms with Crippen LogP contribution in [0.1, 0.15) is 19.3 Å². The predicted molar refractivity (Wildman–Crippen MR) is 68.0 cm³/mol. The van der Waals surface area contributed by atoms with E-state index in [1.165, 1.54) is 10.5 Å². The number of anilines is 1. The summed E-state index contributed by atoms with van der Waals surface area (Å²) in [4.78, 5) is 0. The van der Waals surface area contributed by atoms with Crippen LogP contribution in [-0.4, -0.2) is 42.1 Å². The highest BCUT2D eigenvalue weighted by atomic mass is 32.2. The van der Waals surface area contributed by atoms with E-state index in [1.807, 2.05) is 0 Å². The highest BCUT2D eigenvalue weighted by Crippen LogP contribution is 2.20. The monoisotopic (exact) mass is 271 g/mol. The van der Waals surface area contributed by atoms with Gasteiger partial charge < -0.3 is 5.73 Å². The van der Waals surface area contributed by atoms with Crippen molar-refractivity contribution < 1.29 is 8.42 Å². The van der Waals surface area contributed by atoms with Crippen LogP contribution >= 0.6 is 0 Å². The fourth-order valence-electron chi connectivity index (χ4n) is 2.07. The molecule has 1 saturated heterocycles. The average Bonchev–Trinajstić information content (AvgIpc) is 2.39. The summed E-state index contributed by atoms with van der Waals surface area (Å²) in [7, 11) is -3.60. The van der Waals surface area contributed by atoms with Crippen LogP contribution in [0.25, 0.3) is 0 Å². The molecule has 2 rings (SSSR count). The van der Waals surface area contributed by atoms with E-state index in [0.29, 0.717) is 13.1 Å². The van der Waals surface area contributed by atoms with E-state index in [9.17, 15) is 8.42 Å². The van der Waals surface area contributed by atoms with Gasteiger partial charge in [0.25, 0.3) is 0 Å². The number of hydrogen-bond donors (Lipinski definition) is 2. The molecule has 0 aliphatic carbocycles. The Hall–Kier alpha value is -1.25. The average molecular weight is 271 g/mol. The molecular weight excluding hydrogens is 254 g/mol. The summed E-state index contributed by atoms with van der Waals surface area (Å²) in [5.74, 6) is 0.221. The molecule has 0 radical (unpaired) electrons. The summed E-state index contributed by atoms with van der Waals surface area (Å²) in [6.45, 7) is 0.832. The zero-order chi connectivity index (χ0) is 13.0. The first-order valence-electron chi connectivity index (χ1n) is 5.91. The molecule has 1 fully saturated rings. The molecule has 1 aromatic heterocycles. The number of aromatic nitrogens is 2. The summed E-state index contributed by atoms with van der Waals surface area (Å²) < 4.78 is 28.3. The van der Waals surface area contributed by atoms with Crippen molar-refractivity contribution in [1.29, 1.82) is 0 Å². The van der Waals surface area contributed by atoms with E-state index in [1.54, 1.807) is 12.1 Å². The molecule has 100 valence electrons. The van der Waals surface area contributed by atoms with E-state index in [2.05, 4.69) is 14.9 Å². The second-order valence-electron chi connectivity index (χ2n) is 4.21. The first-order chi connectivity index (χ1) is 8.63. The third-order valence-corrected chi connectivity index (χ3v) is 4.53. The van der Waals surface area contributed by atoms with Crippen LogP contribution in [0.15, 0.2) is 18.3 Å². The zero-order valence-electron chi connectivity index (χ0n) is 9.99. The molecular formula is C10H17N5O2S. The highest BCUT2D eigenvalue weighted by molar-refractivity contribution is 7.90. The van der Waals surface area contributed by atoms with Crippen molar-refractivity contribution in [2.75, 3.05) is 17.8 Å². The maximum absolute atomic E-state index is 12.2. The Kier molecular flexibility index (Phi) is 4.10. The molecule has 7 nitrogen and oxygen atoms in total. The molecule has 18 heavy (non-hydrogen) atoms. The van der Waals surface area contributed by atoms with Crippen LogP contribution in [0.5, 0.6) is 0 Å². The van der Waals surface area contributed by atoms with E-state index in [-0.39, 0.29) is 11.9 Å². The number of rotatable bonds is 4. The van der Waals surface area contributed by atoms with Crippen LogP contribution in [0.2, 0.25) is 0 Å². The van der Waals surface area contributed by atoms with Crippen molar-refractivity contribution in [2.24, 2.45) is 5.73 Å². The Morgan fingerprint density at radius 1 is 1.50 bits per heavy atom. The molecule has 3 N–H and O–H groups in total. The van der Waals surface area contributed by atoms with Gasteiger partial charge in [-0.2, -0.15) is 17.8 Å². The Bertz CT molecular complexity index is 478. The first-order valence-corrected chi connectivity index (χ1v) is 7.35. The van der Waals surface area contributed by atoms with Crippen molar-refractivity contribution in [2.45, 2.75) is 25.3 Å². The third kappa shape index (κ3) is 2.95. The van der Waals surface area contributed by atoms with Crippen molar-refractivity contribution in [1.82, 2.24) is 14.5 Å². The molecule has 0 bridgehead atoms. The van der Waals surface area contributed by atoms with Gasteiger partial charge in [-0.1, -0.05) is 6.42 Å². The normalized spacial score (nSPS) is 21.7. The van der Waals surface area contributed by atoms with Gasteiger partial charge in [0.05, 0.1) is 0 Å². The predicted octanol–water partition coefficient (Wildman–Crippen LogP) is -0.0535. The molecule has 1 aliphatic rings. The summed E-state index contributed by atoms with van der Waals surface area (Å²) in [6, 6.07) is 3.06. The van der Waals surface area contributed by atoms with Gasteiger partial charge in [-0.25, -0.2) is 0 Å². The van der Waals surface area contributed by atoms with Crippen LogP contribution in [0, 0.1) is 0 Å². The van der Waals surface area contributed by atoms with E-state index >= 15 is 0 Å². The molecule has 1 aliphatic heterocycles. The lowest BCUT2D eigenvalue weighted by Crippen LogP contribution is -2.49.